The minimum absolute atomic E-state index is 0.0705. The van der Waals surface area contributed by atoms with Gasteiger partial charge in [0, 0.05) is 14.2 Å². The number of rotatable bonds is 6. The van der Waals surface area contributed by atoms with Crippen LogP contribution in [-0.4, -0.2) is 41.8 Å². The molecule has 0 radical (unpaired) electrons. The van der Waals surface area contributed by atoms with E-state index in [1.807, 2.05) is 0 Å². The van der Waals surface area contributed by atoms with Crippen LogP contribution in [0.3, 0.4) is 0 Å². The first-order valence-corrected chi connectivity index (χ1v) is 4.93. The zero-order valence-electron chi connectivity index (χ0n) is 9.84. The van der Waals surface area contributed by atoms with Crippen molar-refractivity contribution in [3.8, 4) is 5.88 Å². The van der Waals surface area contributed by atoms with E-state index in [2.05, 4.69) is 15.3 Å². The number of aromatic nitrogens is 2. The zero-order chi connectivity index (χ0) is 12.8. The summed E-state index contributed by atoms with van der Waals surface area (Å²) in [6, 6.07) is 0. The van der Waals surface area contributed by atoms with Gasteiger partial charge >= 0.3 is 5.69 Å². The number of ether oxygens (including phenoxy) is 2. The minimum Gasteiger partial charge on any atom is -0.467 e. The average Bonchev–Trinajstić information content (AvgIpc) is 2.28. The summed E-state index contributed by atoms with van der Waals surface area (Å²) in [4.78, 5) is 17.8. The summed E-state index contributed by atoms with van der Waals surface area (Å²) in [5.41, 5.74) is -0.271. The predicted octanol–water partition coefficient (Wildman–Crippen LogP) is 0.840. The van der Waals surface area contributed by atoms with Crippen LogP contribution in [0.25, 0.3) is 0 Å². The van der Waals surface area contributed by atoms with Crippen molar-refractivity contribution in [3.05, 3.63) is 16.3 Å². The lowest BCUT2D eigenvalue weighted by atomic mass is 10.4. The van der Waals surface area contributed by atoms with Crippen LogP contribution in [0, 0.1) is 10.1 Å². The summed E-state index contributed by atoms with van der Waals surface area (Å²) in [5.74, 6) is 0.189. The van der Waals surface area contributed by atoms with Gasteiger partial charge in [0.15, 0.2) is 0 Å². The monoisotopic (exact) mass is 242 g/mol. The van der Waals surface area contributed by atoms with E-state index in [1.54, 1.807) is 14.0 Å². The standard InChI is InChI=1S/C9H14N4O4/c1-6(5-16-3)17-8-7(13(14)15)4-11-9(10-2)12-8/h4,6H,5H2,1-3H3,(H,10,11,12). The summed E-state index contributed by atoms with van der Waals surface area (Å²) >= 11 is 0. The quantitative estimate of drug-likeness (QED) is 0.582. The van der Waals surface area contributed by atoms with Crippen molar-refractivity contribution >= 4 is 11.6 Å². The van der Waals surface area contributed by atoms with E-state index in [0.29, 0.717) is 6.61 Å². The van der Waals surface area contributed by atoms with Crippen molar-refractivity contribution in [1.82, 2.24) is 9.97 Å². The Morgan fingerprint density at radius 2 is 2.35 bits per heavy atom. The van der Waals surface area contributed by atoms with Crippen molar-refractivity contribution in [2.24, 2.45) is 0 Å². The van der Waals surface area contributed by atoms with Gasteiger partial charge in [0.25, 0.3) is 5.88 Å². The summed E-state index contributed by atoms with van der Waals surface area (Å²) in [5, 5.41) is 13.4. The lowest BCUT2D eigenvalue weighted by molar-refractivity contribution is -0.386. The largest absolute Gasteiger partial charge is 0.467 e. The van der Waals surface area contributed by atoms with Crippen LogP contribution in [0.1, 0.15) is 6.92 Å². The Bertz CT molecular complexity index is 399. The third-order valence-corrected chi connectivity index (χ3v) is 1.87. The van der Waals surface area contributed by atoms with E-state index in [1.165, 1.54) is 7.11 Å². The lowest BCUT2D eigenvalue weighted by Crippen LogP contribution is -2.19. The highest BCUT2D eigenvalue weighted by Gasteiger charge is 2.20. The number of hydrogen-bond acceptors (Lipinski definition) is 7. The first kappa shape index (κ1) is 13.1. The van der Waals surface area contributed by atoms with Crippen LogP contribution >= 0.6 is 0 Å². The second-order valence-electron chi connectivity index (χ2n) is 3.27. The maximum atomic E-state index is 10.8. The smallest absolute Gasteiger partial charge is 0.349 e. The number of methoxy groups -OCH3 is 1. The second kappa shape index (κ2) is 5.94. The van der Waals surface area contributed by atoms with Crippen LogP contribution in [0.4, 0.5) is 11.6 Å². The molecule has 0 aliphatic carbocycles. The molecule has 0 saturated heterocycles. The van der Waals surface area contributed by atoms with Gasteiger partial charge in [0.2, 0.25) is 5.95 Å². The third-order valence-electron chi connectivity index (χ3n) is 1.87. The summed E-state index contributed by atoms with van der Waals surface area (Å²) in [6.45, 7) is 2.05. The second-order valence-corrected chi connectivity index (χ2v) is 3.27. The highest BCUT2D eigenvalue weighted by atomic mass is 16.6. The SMILES string of the molecule is CNc1ncc([N+](=O)[O-])c(OC(C)COC)n1. The van der Waals surface area contributed by atoms with Crippen molar-refractivity contribution in [2.75, 3.05) is 26.1 Å². The summed E-state index contributed by atoms with van der Waals surface area (Å²) < 4.78 is 10.2. The molecule has 0 aliphatic rings. The van der Waals surface area contributed by atoms with Crippen LogP contribution in [-0.2, 0) is 4.74 Å². The van der Waals surface area contributed by atoms with Crippen molar-refractivity contribution in [2.45, 2.75) is 13.0 Å². The first-order valence-electron chi connectivity index (χ1n) is 4.93. The van der Waals surface area contributed by atoms with Gasteiger partial charge < -0.3 is 14.8 Å². The Kier molecular flexibility index (Phi) is 4.58. The van der Waals surface area contributed by atoms with Crippen molar-refractivity contribution in [1.29, 1.82) is 0 Å². The highest BCUT2D eigenvalue weighted by molar-refractivity contribution is 5.42. The summed E-state index contributed by atoms with van der Waals surface area (Å²) in [6.07, 6.45) is 0.770. The van der Waals surface area contributed by atoms with Crippen molar-refractivity contribution < 1.29 is 14.4 Å². The molecule has 0 spiro atoms. The fourth-order valence-corrected chi connectivity index (χ4v) is 1.15. The molecule has 0 bridgehead atoms. The molecular formula is C9H14N4O4. The summed E-state index contributed by atoms with van der Waals surface area (Å²) in [7, 11) is 3.14. The van der Waals surface area contributed by atoms with Gasteiger partial charge in [-0.3, -0.25) is 10.1 Å². The fraction of sp³-hybridized carbons (Fsp3) is 0.556. The lowest BCUT2D eigenvalue weighted by Gasteiger charge is -2.12. The number of anilines is 1. The molecule has 1 heterocycles. The molecule has 17 heavy (non-hydrogen) atoms. The van der Waals surface area contributed by atoms with E-state index >= 15 is 0 Å². The molecule has 94 valence electrons. The van der Waals surface area contributed by atoms with Gasteiger partial charge in [-0.15, -0.1) is 0 Å². The molecule has 1 rings (SSSR count). The normalized spacial score (nSPS) is 11.9. The molecule has 8 nitrogen and oxygen atoms in total. The van der Waals surface area contributed by atoms with E-state index in [9.17, 15) is 10.1 Å². The number of nitrogens with one attached hydrogen (secondary N) is 1. The highest BCUT2D eigenvalue weighted by Crippen LogP contribution is 2.25. The molecule has 8 heteroatoms. The van der Waals surface area contributed by atoms with Gasteiger partial charge in [-0.05, 0) is 6.92 Å². The molecule has 0 aliphatic heterocycles. The van der Waals surface area contributed by atoms with Crippen LogP contribution < -0.4 is 10.1 Å². The molecule has 1 atom stereocenters. The van der Waals surface area contributed by atoms with Gasteiger partial charge in [-0.25, -0.2) is 4.98 Å². The molecule has 0 saturated carbocycles. The Morgan fingerprint density at radius 3 is 2.88 bits per heavy atom. The molecule has 1 aromatic heterocycles. The molecular weight excluding hydrogens is 228 g/mol. The van der Waals surface area contributed by atoms with Crippen molar-refractivity contribution in [3.63, 3.8) is 0 Å². The predicted molar refractivity (Wildman–Crippen MR) is 60.2 cm³/mol. The Balaban J connectivity index is 2.96. The topological polar surface area (TPSA) is 99.4 Å². The van der Waals surface area contributed by atoms with Crippen LogP contribution in [0.2, 0.25) is 0 Å². The van der Waals surface area contributed by atoms with E-state index < -0.39 is 4.92 Å². The molecule has 1 unspecified atom stereocenters. The van der Waals surface area contributed by atoms with E-state index in [0.717, 1.165) is 6.20 Å². The minimum atomic E-state index is -0.589. The molecule has 0 fully saturated rings. The molecule has 1 aromatic rings. The Morgan fingerprint density at radius 1 is 1.65 bits per heavy atom. The zero-order valence-corrected chi connectivity index (χ0v) is 9.84. The average molecular weight is 242 g/mol. The van der Waals surface area contributed by atoms with Crippen LogP contribution in [0.5, 0.6) is 5.88 Å². The maximum absolute atomic E-state index is 10.8. The van der Waals surface area contributed by atoms with Gasteiger partial charge in [0.1, 0.15) is 12.3 Å². The maximum Gasteiger partial charge on any atom is 0.349 e. The third kappa shape index (κ3) is 3.52. The Labute approximate surface area is 98.1 Å². The van der Waals surface area contributed by atoms with Gasteiger partial charge in [-0.2, -0.15) is 4.98 Å². The van der Waals surface area contributed by atoms with Gasteiger partial charge in [-0.1, -0.05) is 0 Å². The van der Waals surface area contributed by atoms with E-state index in [-0.39, 0.29) is 23.6 Å². The number of nitro groups is 1. The van der Waals surface area contributed by atoms with E-state index in [4.69, 9.17) is 9.47 Å². The number of nitrogens with zero attached hydrogens (tertiary/aromatic N) is 3. The molecule has 0 amide bonds. The first-order chi connectivity index (χ1) is 8.08. The Hall–Kier alpha value is -1.96. The fourth-order valence-electron chi connectivity index (χ4n) is 1.15. The molecule has 1 N–H and O–H groups in total. The van der Waals surface area contributed by atoms with Gasteiger partial charge in [0.05, 0.1) is 11.5 Å². The van der Waals surface area contributed by atoms with Crippen LogP contribution in [0.15, 0.2) is 6.20 Å². The number of hydrogen-bond donors (Lipinski definition) is 1. The molecule has 0 aromatic carbocycles.